The van der Waals surface area contributed by atoms with E-state index in [0.717, 1.165) is 73.0 Å². The molecule has 0 saturated heterocycles. The van der Waals surface area contributed by atoms with E-state index in [9.17, 15) is 0 Å². The monoisotopic (exact) mass is 750 g/mol. The molecule has 0 bridgehead atoms. The number of nitrogens with zero attached hydrogens (tertiary/aromatic N) is 8. The van der Waals surface area contributed by atoms with Crippen LogP contribution in [0.3, 0.4) is 0 Å². The SMILES string of the molecule is C/C(=C\C=C/C1=CC1N(c1ccccc1)c1ccc(-c2ccc(N(c3ccccc3)c3cccc(-n4nc5ccccc5n4)c3)cc2)cc1)n1nc2ccccc2n1. The minimum atomic E-state index is 0.161. The van der Waals surface area contributed by atoms with Gasteiger partial charge in [0.2, 0.25) is 0 Å². The molecule has 2 aromatic heterocycles. The van der Waals surface area contributed by atoms with E-state index in [1.807, 2.05) is 67.6 Å². The Kier molecular flexibility index (Phi) is 8.96. The van der Waals surface area contributed by atoms with Gasteiger partial charge in [0.1, 0.15) is 22.1 Å². The van der Waals surface area contributed by atoms with Crippen molar-refractivity contribution < 1.29 is 0 Å². The topological polar surface area (TPSA) is 67.9 Å². The molecule has 7 aromatic carbocycles. The van der Waals surface area contributed by atoms with E-state index >= 15 is 0 Å². The third-order valence-corrected chi connectivity index (χ3v) is 10.3. The quantitative estimate of drug-likeness (QED) is 0.123. The summed E-state index contributed by atoms with van der Waals surface area (Å²) >= 11 is 0. The lowest BCUT2D eigenvalue weighted by atomic mass is 10.0. The van der Waals surface area contributed by atoms with Crippen LogP contribution in [0, 0.1) is 0 Å². The largest absolute Gasteiger partial charge is 0.330 e. The Balaban J connectivity index is 0.888. The Labute approximate surface area is 336 Å². The molecule has 0 amide bonds. The van der Waals surface area contributed by atoms with Crippen LogP contribution in [0.25, 0.3) is 44.6 Å². The second kappa shape index (κ2) is 15.0. The minimum Gasteiger partial charge on any atom is -0.330 e. The average molecular weight is 751 g/mol. The van der Waals surface area contributed by atoms with Crippen molar-refractivity contribution in [1.82, 2.24) is 30.0 Å². The average Bonchev–Trinajstić information content (AvgIpc) is 3.66. The van der Waals surface area contributed by atoms with Gasteiger partial charge < -0.3 is 9.80 Å². The molecule has 10 rings (SSSR count). The molecular weight excluding hydrogens is 713 g/mol. The molecule has 1 atom stereocenters. The Morgan fingerprint density at radius 3 is 1.59 bits per heavy atom. The fourth-order valence-corrected chi connectivity index (χ4v) is 7.33. The second-order valence-corrected chi connectivity index (χ2v) is 14.2. The third kappa shape index (κ3) is 6.95. The molecule has 2 heterocycles. The predicted octanol–water partition coefficient (Wildman–Crippen LogP) is 11.9. The number of anilines is 5. The van der Waals surface area contributed by atoms with Gasteiger partial charge in [-0.3, -0.25) is 0 Å². The number of rotatable bonds is 11. The molecule has 58 heavy (non-hydrogen) atoms. The van der Waals surface area contributed by atoms with Crippen LogP contribution in [0.15, 0.2) is 212 Å². The summed E-state index contributed by atoms with van der Waals surface area (Å²) in [7, 11) is 0. The number of hydrogen-bond donors (Lipinski definition) is 0. The van der Waals surface area contributed by atoms with E-state index < -0.39 is 0 Å². The molecule has 0 aliphatic heterocycles. The van der Waals surface area contributed by atoms with Crippen LogP contribution in [-0.4, -0.2) is 36.0 Å². The van der Waals surface area contributed by atoms with E-state index in [1.165, 1.54) is 5.57 Å². The lowest BCUT2D eigenvalue weighted by molar-refractivity contribution is 0.765. The lowest BCUT2D eigenvalue weighted by Crippen LogP contribution is -2.21. The summed E-state index contributed by atoms with van der Waals surface area (Å²) in [6, 6.07) is 63.0. The highest BCUT2D eigenvalue weighted by atomic mass is 15.5. The molecule has 8 heteroatoms. The van der Waals surface area contributed by atoms with Gasteiger partial charge in [0.05, 0.1) is 17.4 Å². The summed E-state index contributed by atoms with van der Waals surface area (Å²) in [6.07, 6.45) is 8.60. The molecule has 1 aliphatic carbocycles. The van der Waals surface area contributed by atoms with E-state index in [2.05, 4.69) is 166 Å². The van der Waals surface area contributed by atoms with Crippen molar-refractivity contribution >= 4 is 56.2 Å². The summed E-state index contributed by atoms with van der Waals surface area (Å²) < 4.78 is 0. The zero-order valence-corrected chi connectivity index (χ0v) is 31.8. The summed E-state index contributed by atoms with van der Waals surface area (Å²) in [5.74, 6) is 0. The summed E-state index contributed by atoms with van der Waals surface area (Å²) in [5, 5.41) is 18.7. The van der Waals surface area contributed by atoms with Crippen molar-refractivity contribution in [2.75, 3.05) is 9.80 Å². The van der Waals surface area contributed by atoms with Crippen LogP contribution in [0.4, 0.5) is 28.4 Å². The molecular formula is C50H38N8. The molecule has 0 N–H and O–H groups in total. The Morgan fingerprint density at radius 1 is 0.500 bits per heavy atom. The van der Waals surface area contributed by atoms with Crippen molar-refractivity contribution in [3.63, 3.8) is 0 Å². The van der Waals surface area contributed by atoms with Crippen LogP contribution in [-0.2, 0) is 0 Å². The van der Waals surface area contributed by atoms with Gasteiger partial charge in [-0.15, -0.1) is 20.4 Å². The first kappa shape index (κ1) is 34.6. The first-order chi connectivity index (χ1) is 28.6. The fraction of sp³-hybridized carbons (Fsp3) is 0.0400. The van der Waals surface area contributed by atoms with Crippen molar-refractivity contribution in [3.8, 4) is 16.8 Å². The highest BCUT2D eigenvalue weighted by Crippen LogP contribution is 2.40. The predicted molar refractivity (Wildman–Crippen MR) is 236 cm³/mol. The van der Waals surface area contributed by atoms with Crippen LogP contribution in [0.1, 0.15) is 6.92 Å². The van der Waals surface area contributed by atoms with Crippen LogP contribution < -0.4 is 9.80 Å². The minimum absolute atomic E-state index is 0.161. The van der Waals surface area contributed by atoms with E-state index in [0.29, 0.717) is 0 Å². The maximum Gasteiger partial charge on any atom is 0.113 e. The van der Waals surface area contributed by atoms with Gasteiger partial charge in [-0.05, 0) is 121 Å². The van der Waals surface area contributed by atoms with Gasteiger partial charge in [0, 0.05) is 28.4 Å². The van der Waals surface area contributed by atoms with Crippen molar-refractivity contribution in [1.29, 1.82) is 0 Å². The van der Waals surface area contributed by atoms with Gasteiger partial charge in [0.25, 0.3) is 0 Å². The number of hydrogen-bond acceptors (Lipinski definition) is 6. The molecule has 0 spiro atoms. The molecule has 278 valence electrons. The van der Waals surface area contributed by atoms with Crippen LogP contribution >= 0.6 is 0 Å². The summed E-state index contributed by atoms with van der Waals surface area (Å²) in [6.45, 7) is 2.02. The van der Waals surface area contributed by atoms with Crippen LogP contribution in [0.5, 0.6) is 0 Å². The van der Waals surface area contributed by atoms with E-state index in [4.69, 9.17) is 10.2 Å². The second-order valence-electron chi connectivity index (χ2n) is 14.2. The number of para-hydroxylation sites is 2. The zero-order chi connectivity index (χ0) is 38.8. The number of fused-ring (bicyclic) bond motifs is 2. The smallest absolute Gasteiger partial charge is 0.113 e. The first-order valence-corrected chi connectivity index (χ1v) is 19.4. The maximum atomic E-state index is 4.73. The maximum absolute atomic E-state index is 4.73. The molecule has 8 nitrogen and oxygen atoms in total. The Hall–Kier alpha value is -7.84. The lowest BCUT2D eigenvalue weighted by Gasteiger charge is -2.26. The molecule has 0 saturated carbocycles. The highest BCUT2D eigenvalue weighted by molar-refractivity contribution is 5.81. The van der Waals surface area contributed by atoms with Gasteiger partial charge in [-0.2, -0.15) is 9.59 Å². The highest BCUT2D eigenvalue weighted by Gasteiger charge is 2.30. The standard InChI is InChI=1S/C50H38N8/c1-36(57-51-46-22-8-9-23-47(46)52-57)14-12-15-39-34-50(39)56(41-18-6-3-7-19-41)43-32-28-38(29-33-43)37-26-30-42(31-27-37)55(40-16-4-2-5-17-40)44-20-13-21-45(35-44)58-53-48-24-10-11-25-49(48)54-58/h2-35,50H,1H3/b15-12-,36-14+. The first-order valence-electron chi connectivity index (χ1n) is 19.4. The molecule has 0 fully saturated rings. The number of aromatic nitrogens is 6. The van der Waals surface area contributed by atoms with Crippen molar-refractivity contribution in [3.05, 3.63) is 212 Å². The summed E-state index contributed by atoms with van der Waals surface area (Å²) in [5.41, 5.74) is 14.3. The molecule has 9 aromatic rings. The zero-order valence-electron chi connectivity index (χ0n) is 31.8. The van der Waals surface area contributed by atoms with E-state index in [1.54, 1.807) is 9.59 Å². The van der Waals surface area contributed by atoms with Crippen molar-refractivity contribution in [2.45, 2.75) is 13.0 Å². The molecule has 1 unspecified atom stereocenters. The van der Waals surface area contributed by atoms with Gasteiger partial charge in [0.15, 0.2) is 0 Å². The summed E-state index contributed by atoms with van der Waals surface area (Å²) in [4.78, 5) is 8.05. The normalized spacial score (nSPS) is 13.9. The Morgan fingerprint density at radius 2 is 0.983 bits per heavy atom. The van der Waals surface area contributed by atoms with E-state index in [-0.39, 0.29) is 6.04 Å². The molecule has 1 aliphatic rings. The fourth-order valence-electron chi connectivity index (χ4n) is 7.33. The van der Waals surface area contributed by atoms with Gasteiger partial charge in [-0.1, -0.05) is 109 Å². The van der Waals surface area contributed by atoms with Gasteiger partial charge in [-0.25, -0.2) is 0 Å². The number of benzene rings is 7. The Bertz CT molecular complexity index is 2890. The van der Waals surface area contributed by atoms with Crippen molar-refractivity contribution in [2.24, 2.45) is 0 Å². The third-order valence-electron chi connectivity index (χ3n) is 10.3. The molecule has 0 radical (unpaired) electrons. The van der Waals surface area contributed by atoms with Crippen LogP contribution in [0.2, 0.25) is 0 Å². The van der Waals surface area contributed by atoms with Gasteiger partial charge >= 0.3 is 0 Å². The number of allylic oxidation sites excluding steroid dienone is 3.